The van der Waals surface area contributed by atoms with Gasteiger partial charge in [0.2, 0.25) is 0 Å². The van der Waals surface area contributed by atoms with Crippen molar-refractivity contribution in [2.24, 2.45) is 23.2 Å². The van der Waals surface area contributed by atoms with Crippen LogP contribution in [0.25, 0.3) is 0 Å². The molecule has 2 bridgehead atoms. The molecule has 4 heteroatoms. The summed E-state index contributed by atoms with van der Waals surface area (Å²) in [5.41, 5.74) is -1.14. The van der Waals surface area contributed by atoms with Gasteiger partial charge in [-0.1, -0.05) is 38.5 Å². The van der Waals surface area contributed by atoms with E-state index in [4.69, 9.17) is 9.47 Å². The second-order valence-corrected chi connectivity index (χ2v) is 6.09. The van der Waals surface area contributed by atoms with Crippen molar-refractivity contribution >= 4 is 11.9 Å². The average Bonchev–Trinajstić information content (AvgIpc) is 2.43. The SMILES string of the molecule is COC(=O)C(C)(C(=O)OC)C1C2CCCC1CCC2. The van der Waals surface area contributed by atoms with Crippen molar-refractivity contribution in [2.75, 3.05) is 14.2 Å². The molecule has 0 aromatic rings. The van der Waals surface area contributed by atoms with E-state index in [0.29, 0.717) is 11.8 Å². The van der Waals surface area contributed by atoms with Gasteiger partial charge >= 0.3 is 11.9 Å². The number of carbonyl (C=O) groups is 2. The largest absolute Gasteiger partial charge is 0.468 e. The Labute approximate surface area is 114 Å². The number of rotatable bonds is 3. The lowest BCUT2D eigenvalue weighted by Crippen LogP contribution is -2.52. The highest BCUT2D eigenvalue weighted by Crippen LogP contribution is 2.53. The van der Waals surface area contributed by atoms with Gasteiger partial charge in [-0.15, -0.1) is 0 Å². The van der Waals surface area contributed by atoms with Gasteiger partial charge in [-0.05, 0) is 24.7 Å². The van der Waals surface area contributed by atoms with Crippen molar-refractivity contribution < 1.29 is 19.1 Å². The Morgan fingerprint density at radius 3 is 1.58 bits per heavy atom. The third-order valence-electron chi connectivity index (χ3n) is 5.20. The summed E-state index contributed by atoms with van der Waals surface area (Å²) < 4.78 is 9.83. The Bertz CT molecular complexity index is 325. The molecule has 0 amide bonds. The predicted molar refractivity (Wildman–Crippen MR) is 70.3 cm³/mol. The van der Waals surface area contributed by atoms with Gasteiger partial charge in [0.15, 0.2) is 5.41 Å². The number of hydrogen-bond acceptors (Lipinski definition) is 4. The molecule has 0 unspecified atom stereocenters. The van der Waals surface area contributed by atoms with Crippen molar-refractivity contribution in [3.8, 4) is 0 Å². The van der Waals surface area contributed by atoms with Crippen LogP contribution in [-0.4, -0.2) is 26.2 Å². The van der Waals surface area contributed by atoms with Crippen molar-refractivity contribution in [1.29, 1.82) is 0 Å². The summed E-state index contributed by atoms with van der Waals surface area (Å²) in [5.74, 6) is 0.104. The fourth-order valence-electron chi connectivity index (χ4n) is 4.40. The molecule has 2 aliphatic carbocycles. The van der Waals surface area contributed by atoms with Crippen LogP contribution in [0.15, 0.2) is 0 Å². The van der Waals surface area contributed by atoms with Crippen LogP contribution < -0.4 is 0 Å². The van der Waals surface area contributed by atoms with Crippen LogP contribution in [0.3, 0.4) is 0 Å². The molecule has 0 aromatic heterocycles. The fraction of sp³-hybridized carbons (Fsp3) is 0.867. The second kappa shape index (κ2) is 5.51. The second-order valence-electron chi connectivity index (χ2n) is 6.09. The first-order chi connectivity index (χ1) is 9.05. The molecule has 0 aliphatic heterocycles. The Morgan fingerprint density at radius 2 is 1.26 bits per heavy atom. The molecule has 2 aliphatic rings. The Balaban J connectivity index is 2.37. The van der Waals surface area contributed by atoms with Crippen LogP contribution >= 0.6 is 0 Å². The Morgan fingerprint density at radius 1 is 0.895 bits per heavy atom. The summed E-state index contributed by atoms with van der Waals surface area (Å²) in [6.07, 6.45) is 6.89. The molecule has 0 atom stereocenters. The van der Waals surface area contributed by atoms with E-state index in [-0.39, 0.29) is 5.92 Å². The smallest absolute Gasteiger partial charge is 0.323 e. The minimum atomic E-state index is -1.14. The van der Waals surface area contributed by atoms with Crippen LogP contribution in [0.4, 0.5) is 0 Å². The van der Waals surface area contributed by atoms with E-state index in [0.717, 1.165) is 25.7 Å². The van der Waals surface area contributed by atoms with Crippen molar-refractivity contribution in [3.05, 3.63) is 0 Å². The quantitative estimate of drug-likeness (QED) is 0.583. The highest BCUT2D eigenvalue weighted by Gasteiger charge is 2.57. The van der Waals surface area contributed by atoms with Crippen LogP contribution in [0, 0.1) is 23.2 Å². The first kappa shape index (κ1) is 14.4. The van der Waals surface area contributed by atoms with E-state index in [1.54, 1.807) is 6.92 Å². The van der Waals surface area contributed by atoms with E-state index in [1.807, 2.05) is 0 Å². The lowest BCUT2D eigenvalue weighted by molar-refractivity contribution is -0.179. The van der Waals surface area contributed by atoms with Gasteiger partial charge in [-0.2, -0.15) is 0 Å². The maximum atomic E-state index is 12.2. The molecule has 19 heavy (non-hydrogen) atoms. The van der Waals surface area contributed by atoms with Gasteiger partial charge in [-0.25, -0.2) is 0 Å². The summed E-state index contributed by atoms with van der Waals surface area (Å²) in [5, 5.41) is 0. The minimum Gasteiger partial charge on any atom is -0.468 e. The van der Waals surface area contributed by atoms with Gasteiger partial charge < -0.3 is 9.47 Å². The first-order valence-corrected chi connectivity index (χ1v) is 7.22. The third-order valence-corrected chi connectivity index (χ3v) is 5.20. The third kappa shape index (κ3) is 2.26. The molecule has 0 spiro atoms. The lowest BCUT2D eigenvalue weighted by Gasteiger charge is -2.48. The number of esters is 2. The molecular weight excluding hydrogens is 244 g/mol. The molecule has 0 N–H and O–H groups in total. The molecule has 2 saturated carbocycles. The highest BCUT2D eigenvalue weighted by molar-refractivity contribution is 6.00. The van der Waals surface area contributed by atoms with Crippen molar-refractivity contribution in [1.82, 2.24) is 0 Å². The summed E-state index contributed by atoms with van der Waals surface area (Å²) in [6, 6.07) is 0. The number of hydrogen-bond donors (Lipinski definition) is 0. The van der Waals surface area contributed by atoms with Gasteiger partial charge in [0, 0.05) is 0 Å². The lowest BCUT2D eigenvalue weighted by atomic mass is 9.55. The van der Waals surface area contributed by atoms with Gasteiger partial charge in [-0.3, -0.25) is 9.59 Å². The molecule has 2 rings (SSSR count). The molecule has 0 radical (unpaired) electrons. The molecule has 108 valence electrons. The zero-order chi connectivity index (χ0) is 14.0. The summed E-state index contributed by atoms with van der Waals surface area (Å²) in [7, 11) is 2.70. The van der Waals surface area contributed by atoms with E-state index in [2.05, 4.69) is 0 Å². The predicted octanol–water partition coefficient (Wildman–Crippen LogP) is 2.56. The maximum absolute atomic E-state index is 12.2. The molecular formula is C15H24O4. The number of fused-ring (bicyclic) bond motifs is 2. The minimum absolute atomic E-state index is 0.0786. The topological polar surface area (TPSA) is 52.6 Å². The van der Waals surface area contributed by atoms with Gasteiger partial charge in [0.25, 0.3) is 0 Å². The van der Waals surface area contributed by atoms with E-state index in [9.17, 15) is 9.59 Å². The average molecular weight is 268 g/mol. The van der Waals surface area contributed by atoms with E-state index < -0.39 is 17.4 Å². The summed E-state index contributed by atoms with van der Waals surface area (Å²) in [6.45, 7) is 1.71. The summed E-state index contributed by atoms with van der Waals surface area (Å²) in [4.78, 5) is 24.5. The van der Waals surface area contributed by atoms with Crippen molar-refractivity contribution in [3.63, 3.8) is 0 Å². The number of ether oxygens (including phenoxy) is 2. The standard InChI is InChI=1S/C15H24O4/c1-15(13(16)18-2,14(17)19-3)12-10-6-4-7-11(12)9-5-8-10/h10-12H,4-9H2,1-3H3. The monoisotopic (exact) mass is 268 g/mol. The van der Waals surface area contributed by atoms with Crippen LogP contribution in [0.5, 0.6) is 0 Å². The molecule has 0 aromatic carbocycles. The van der Waals surface area contributed by atoms with Crippen LogP contribution in [0.1, 0.15) is 45.4 Å². The molecule has 2 fully saturated rings. The first-order valence-electron chi connectivity index (χ1n) is 7.22. The van der Waals surface area contributed by atoms with Crippen molar-refractivity contribution in [2.45, 2.75) is 45.4 Å². The van der Waals surface area contributed by atoms with E-state index in [1.165, 1.54) is 27.1 Å². The maximum Gasteiger partial charge on any atom is 0.323 e. The number of carbonyl (C=O) groups excluding carboxylic acids is 2. The zero-order valence-corrected chi connectivity index (χ0v) is 12.1. The highest BCUT2D eigenvalue weighted by atomic mass is 16.5. The molecule has 4 nitrogen and oxygen atoms in total. The van der Waals surface area contributed by atoms with Gasteiger partial charge in [0.1, 0.15) is 0 Å². The Hall–Kier alpha value is -1.06. The van der Waals surface area contributed by atoms with Gasteiger partial charge in [0.05, 0.1) is 14.2 Å². The molecule has 0 saturated heterocycles. The normalized spacial score (nSPS) is 30.6. The zero-order valence-electron chi connectivity index (χ0n) is 12.1. The van der Waals surface area contributed by atoms with Crippen LogP contribution in [-0.2, 0) is 19.1 Å². The molecule has 0 heterocycles. The van der Waals surface area contributed by atoms with E-state index >= 15 is 0 Å². The number of methoxy groups -OCH3 is 2. The van der Waals surface area contributed by atoms with Crippen LogP contribution in [0.2, 0.25) is 0 Å². The summed E-state index contributed by atoms with van der Waals surface area (Å²) >= 11 is 0. The fourth-order valence-corrected chi connectivity index (χ4v) is 4.40. The Kier molecular flexibility index (Phi) is 4.16.